The molecule has 1 N–H and O–H groups in total. The number of hydrogen-bond acceptors (Lipinski definition) is 4. The average Bonchev–Trinajstić information content (AvgIpc) is 2.67. The first kappa shape index (κ1) is 22.2. The van der Waals surface area contributed by atoms with Crippen LogP contribution in [0.4, 0.5) is 5.69 Å². The van der Waals surface area contributed by atoms with Gasteiger partial charge >= 0.3 is 0 Å². The number of carbonyl (C=O) groups is 1. The number of sulfonamides is 1. The van der Waals surface area contributed by atoms with Crippen LogP contribution in [-0.4, -0.2) is 38.8 Å². The largest absolute Gasteiger partial charge is 0.495 e. The molecule has 0 atom stereocenters. The molecule has 10 heteroatoms. The van der Waals surface area contributed by atoms with Crippen molar-refractivity contribution in [2.45, 2.75) is 17.7 Å². The number of methoxy groups -OCH3 is 1. The van der Waals surface area contributed by atoms with Gasteiger partial charge in [0.05, 0.1) is 17.0 Å². The molecule has 1 fully saturated rings. The number of carbonyl (C=O) groups excluding carboxylic acids is 1. The third-order valence-electron chi connectivity index (χ3n) is 4.72. The number of rotatable bonds is 5. The highest BCUT2D eigenvalue weighted by atomic mass is 35.5. The summed E-state index contributed by atoms with van der Waals surface area (Å²) in [5.74, 6) is -0.0892. The first-order chi connectivity index (χ1) is 13.7. The summed E-state index contributed by atoms with van der Waals surface area (Å²) < 4.78 is 32.2. The Morgan fingerprint density at radius 2 is 1.69 bits per heavy atom. The fourth-order valence-electron chi connectivity index (χ4n) is 3.19. The number of benzene rings is 2. The highest BCUT2D eigenvalue weighted by Crippen LogP contribution is 2.30. The Morgan fingerprint density at radius 1 is 1.07 bits per heavy atom. The maximum Gasteiger partial charge on any atom is 0.243 e. The van der Waals surface area contributed by atoms with Crippen molar-refractivity contribution in [1.29, 1.82) is 0 Å². The van der Waals surface area contributed by atoms with Gasteiger partial charge in [-0.25, -0.2) is 8.42 Å². The molecular weight excluding hydrogens is 459 g/mol. The van der Waals surface area contributed by atoms with E-state index >= 15 is 0 Å². The zero-order valence-electron chi connectivity index (χ0n) is 15.5. The van der Waals surface area contributed by atoms with Crippen molar-refractivity contribution < 1.29 is 17.9 Å². The van der Waals surface area contributed by atoms with E-state index < -0.39 is 10.0 Å². The number of piperidine rings is 1. The lowest BCUT2D eigenvalue weighted by atomic mass is 9.97. The highest BCUT2D eigenvalue weighted by molar-refractivity contribution is 7.89. The molecule has 0 aromatic heterocycles. The zero-order valence-corrected chi connectivity index (χ0v) is 18.6. The minimum atomic E-state index is -3.70. The van der Waals surface area contributed by atoms with Crippen molar-refractivity contribution in [3.05, 3.63) is 51.5 Å². The van der Waals surface area contributed by atoms with E-state index in [0.717, 1.165) is 0 Å². The van der Waals surface area contributed by atoms with Crippen molar-refractivity contribution in [1.82, 2.24) is 4.31 Å². The standard InChI is InChI=1S/C19H19Cl3N2O4S/c1-28-18-3-2-16(11-17(18)22)29(26,27)24-6-4-12(5-7-24)19(25)23-15-9-13(20)8-14(21)10-15/h2-3,8-12H,4-7H2,1H3,(H,23,25). The van der Waals surface area contributed by atoms with Gasteiger partial charge in [-0.3, -0.25) is 4.79 Å². The molecule has 0 bridgehead atoms. The van der Waals surface area contributed by atoms with Gasteiger partial charge in [0, 0.05) is 34.7 Å². The minimum absolute atomic E-state index is 0.0970. The molecule has 156 valence electrons. The van der Waals surface area contributed by atoms with Crippen LogP contribution < -0.4 is 10.1 Å². The van der Waals surface area contributed by atoms with Crippen LogP contribution in [0.15, 0.2) is 41.3 Å². The Bertz CT molecular complexity index is 1000. The van der Waals surface area contributed by atoms with Crippen molar-refractivity contribution in [3.63, 3.8) is 0 Å². The molecule has 1 saturated heterocycles. The number of halogens is 3. The summed E-state index contributed by atoms with van der Waals surface area (Å²) >= 11 is 18.0. The monoisotopic (exact) mass is 476 g/mol. The van der Waals surface area contributed by atoms with Gasteiger partial charge < -0.3 is 10.1 Å². The van der Waals surface area contributed by atoms with E-state index in [1.54, 1.807) is 18.2 Å². The van der Waals surface area contributed by atoms with Crippen LogP contribution in [0.3, 0.4) is 0 Å². The molecule has 1 heterocycles. The molecule has 1 aliphatic rings. The van der Waals surface area contributed by atoms with Gasteiger partial charge in [0.1, 0.15) is 5.75 Å². The first-order valence-corrected chi connectivity index (χ1v) is 11.4. The van der Waals surface area contributed by atoms with Gasteiger partial charge in [-0.2, -0.15) is 4.31 Å². The Kier molecular flexibility index (Phi) is 6.96. The zero-order chi connectivity index (χ0) is 21.2. The third kappa shape index (κ3) is 5.16. The van der Waals surface area contributed by atoms with E-state index in [2.05, 4.69) is 5.32 Å². The van der Waals surface area contributed by atoms with Crippen molar-refractivity contribution in [3.8, 4) is 5.75 Å². The van der Waals surface area contributed by atoms with E-state index in [9.17, 15) is 13.2 Å². The molecule has 2 aromatic carbocycles. The molecule has 29 heavy (non-hydrogen) atoms. The highest BCUT2D eigenvalue weighted by Gasteiger charge is 2.32. The van der Waals surface area contributed by atoms with Gasteiger partial charge in [-0.15, -0.1) is 0 Å². The summed E-state index contributed by atoms with van der Waals surface area (Å²) in [4.78, 5) is 12.6. The van der Waals surface area contributed by atoms with E-state index in [1.165, 1.54) is 29.6 Å². The molecule has 3 rings (SSSR count). The SMILES string of the molecule is COc1ccc(S(=O)(=O)N2CCC(C(=O)Nc3cc(Cl)cc(Cl)c3)CC2)cc1Cl. The predicted molar refractivity (Wildman–Crippen MR) is 115 cm³/mol. The maximum atomic E-state index is 12.9. The van der Waals surface area contributed by atoms with Crippen LogP contribution in [0.25, 0.3) is 0 Å². The Hall–Kier alpha value is -1.51. The van der Waals surface area contributed by atoms with E-state index in [1.807, 2.05) is 0 Å². The van der Waals surface area contributed by atoms with Crippen molar-refractivity contribution in [2.24, 2.45) is 5.92 Å². The molecular formula is C19H19Cl3N2O4S. The summed E-state index contributed by atoms with van der Waals surface area (Å²) in [6.45, 7) is 0.473. The van der Waals surface area contributed by atoms with E-state index in [4.69, 9.17) is 39.5 Å². The van der Waals surface area contributed by atoms with Gasteiger partial charge in [-0.1, -0.05) is 34.8 Å². The molecule has 0 radical (unpaired) electrons. The molecule has 0 saturated carbocycles. The molecule has 0 aliphatic carbocycles. The molecule has 1 amide bonds. The minimum Gasteiger partial charge on any atom is -0.495 e. The van der Waals surface area contributed by atoms with E-state index in [0.29, 0.717) is 34.3 Å². The number of amides is 1. The number of anilines is 1. The van der Waals surface area contributed by atoms with Gasteiger partial charge in [0.15, 0.2) is 0 Å². The summed E-state index contributed by atoms with van der Waals surface area (Å²) in [5, 5.41) is 3.86. The van der Waals surface area contributed by atoms with Gasteiger partial charge in [0.25, 0.3) is 0 Å². The second-order valence-electron chi connectivity index (χ2n) is 6.62. The van der Waals surface area contributed by atoms with Gasteiger partial charge in [-0.05, 0) is 49.2 Å². The normalized spacial score (nSPS) is 15.9. The quantitative estimate of drug-likeness (QED) is 0.677. The smallest absolute Gasteiger partial charge is 0.243 e. The van der Waals surface area contributed by atoms with Crippen LogP contribution in [-0.2, 0) is 14.8 Å². The number of nitrogens with zero attached hydrogens (tertiary/aromatic N) is 1. The topological polar surface area (TPSA) is 75.7 Å². The number of nitrogens with one attached hydrogen (secondary N) is 1. The lowest BCUT2D eigenvalue weighted by Gasteiger charge is -2.30. The Morgan fingerprint density at radius 3 is 2.24 bits per heavy atom. The number of hydrogen-bond donors (Lipinski definition) is 1. The molecule has 6 nitrogen and oxygen atoms in total. The average molecular weight is 478 g/mol. The molecule has 0 spiro atoms. The van der Waals surface area contributed by atoms with Crippen LogP contribution in [0.5, 0.6) is 5.75 Å². The van der Waals surface area contributed by atoms with E-state index in [-0.39, 0.29) is 34.8 Å². The molecule has 2 aromatic rings. The maximum absolute atomic E-state index is 12.9. The summed E-state index contributed by atoms with van der Waals surface area (Å²) in [5.41, 5.74) is 0.510. The van der Waals surface area contributed by atoms with Crippen LogP contribution in [0.2, 0.25) is 15.1 Å². The van der Waals surface area contributed by atoms with Crippen LogP contribution in [0, 0.1) is 5.92 Å². The summed E-state index contributed by atoms with van der Waals surface area (Å²) in [7, 11) is -2.24. The number of ether oxygens (including phenoxy) is 1. The fourth-order valence-corrected chi connectivity index (χ4v) is 5.53. The van der Waals surface area contributed by atoms with Crippen LogP contribution in [0.1, 0.15) is 12.8 Å². The fraction of sp³-hybridized carbons (Fsp3) is 0.316. The summed E-state index contributed by atoms with van der Waals surface area (Å²) in [6.07, 6.45) is 0.812. The third-order valence-corrected chi connectivity index (χ3v) is 7.34. The lowest BCUT2D eigenvalue weighted by Crippen LogP contribution is -2.41. The molecule has 0 unspecified atom stereocenters. The van der Waals surface area contributed by atoms with Gasteiger partial charge in [0.2, 0.25) is 15.9 Å². The Balaban J connectivity index is 1.64. The van der Waals surface area contributed by atoms with Crippen molar-refractivity contribution >= 4 is 56.4 Å². The molecule has 1 aliphatic heterocycles. The van der Waals surface area contributed by atoms with Crippen LogP contribution >= 0.6 is 34.8 Å². The predicted octanol–water partition coefficient (Wildman–Crippen LogP) is 4.69. The summed E-state index contributed by atoms with van der Waals surface area (Å²) in [6, 6.07) is 9.15. The second kappa shape index (κ2) is 9.10. The first-order valence-electron chi connectivity index (χ1n) is 8.81. The Labute approximate surface area is 184 Å². The second-order valence-corrected chi connectivity index (χ2v) is 9.84. The van der Waals surface area contributed by atoms with Crippen molar-refractivity contribution in [2.75, 3.05) is 25.5 Å². The lowest BCUT2D eigenvalue weighted by molar-refractivity contribution is -0.120.